The molecule has 5 nitrogen and oxygen atoms in total. The Labute approximate surface area is 146 Å². The van der Waals surface area contributed by atoms with Crippen molar-refractivity contribution in [1.29, 1.82) is 0 Å². The molecule has 0 aliphatic rings. The van der Waals surface area contributed by atoms with E-state index < -0.39 is 6.36 Å². The molecule has 2 heterocycles. The zero-order chi connectivity index (χ0) is 18.2. The van der Waals surface area contributed by atoms with Gasteiger partial charge in [-0.3, -0.25) is 0 Å². The highest BCUT2D eigenvalue weighted by Gasteiger charge is 2.31. The molecular formula is C16H14ClF3N4O. The largest absolute Gasteiger partial charge is 0.573 e. The maximum atomic E-state index is 12.4. The van der Waals surface area contributed by atoms with Crippen LogP contribution in [0.2, 0.25) is 5.15 Å². The number of fused-ring (bicyclic) bond motifs is 1. The Morgan fingerprint density at radius 3 is 2.68 bits per heavy atom. The Balaban J connectivity index is 1.97. The smallest absolute Gasteiger partial charge is 0.406 e. The first kappa shape index (κ1) is 17.3. The molecule has 0 bridgehead atoms. The van der Waals surface area contributed by atoms with Crippen molar-refractivity contribution < 1.29 is 17.9 Å². The van der Waals surface area contributed by atoms with Gasteiger partial charge in [-0.15, -0.1) is 13.2 Å². The highest BCUT2D eigenvalue weighted by atomic mass is 35.5. The molecule has 0 amide bonds. The summed E-state index contributed by atoms with van der Waals surface area (Å²) < 4.78 is 42.6. The Morgan fingerprint density at radius 2 is 2.00 bits per heavy atom. The summed E-state index contributed by atoms with van der Waals surface area (Å²) in [6.07, 6.45) is -3.06. The molecule has 1 N–H and O–H groups in total. The second-order valence-electron chi connectivity index (χ2n) is 5.65. The minimum atomic E-state index is -4.75. The second kappa shape index (κ2) is 6.44. The molecule has 0 spiro atoms. The van der Waals surface area contributed by atoms with Crippen LogP contribution < -0.4 is 10.1 Å². The van der Waals surface area contributed by atoms with E-state index in [0.29, 0.717) is 17.0 Å². The zero-order valence-electron chi connectivity index (χ0n) is 13.3. The zero-order valence-corrected chi connectivity index (χ0v) is 14.1. The molecule has 3 aromatic rings. The van der Waals surface area contributed by atoms with Crippen LogP contribution in [0.15, 0.2) is 36.5 Å². The average Bonchev–Trinajstić information content (AvgIpc) is 2.89. The van der Waals surface area contributed by atoms with Crippen molar-refractivity contribution in [3.8, 4) is 5.75 Å². The third-order valence-electron chi connectivity index (χ3n) is 3.40. The van der Waals surface area contributed by atoms with E-state index in [1.807, 2.05) is 13.8 Å². The van der Waals surface area contributed by atoms with Crippen LogP contribution in [0.4, 0.5) is 24.5 Å². The van der Waals surface area contributed by atoms with Crippen LogP contribution in [0.25, 0.3) is 5.65 Å². The van der Waals surface area contributed by atoms with Crippen LogP contribution >= 0.6 is 11.6 Å². The number of nitrogens with one attached hydrogen (secondary N) is 1. The first-order valence-electron chi connectivity index (χ1n) is 7.40. The van der Waals surface area contributed by atoms with Crippen molar-refractivity contribution in [2.24, 2.45) is 0 Å². The minimum absolute atomic E-state index is 0.178. The molecule has 0 unspecified atom stereocenters. The van der Waals surface area contributed by atoms with Gasteiger partial charge in [0.2, 0.25) is 0 Å². The number of hydrogen-bond acceptors (Lipinski definition) is 4. The summed E-state index contributed by atoms with van der Waals surface area (Å²) in [7, 11) is 0. The number of ether oxygens (including phenoxy) is 1. The van der Waals surface area contributed by atoms with Crippen molar-refractivity contribution in [2.75, 3.05) is 5.32 Å². The van der Waals surface area contributed by atoms with Crippen molar-refractivity contribution in [2.45, 2.75) is 26.1 Å². The topological polar surface area (TPSA) is 51.5 Å². The van der Waals surface area contributed by atoms with Crippen LogP contribution in [0.3, 0.4) is 0 Å². The SMILES string of the molecule is CC(C)c1cnc2c(Nc3cccc(OC(F)(F)F)c3)cc(Cl)nn12. The molecular weight excluding hydrogens is 357 g/mol. The fourth-order valence-electron chi connectivity index (χ4n) is 2.37. The van der Waals surface area contributed by atoms with E-state index in [1.165, 1.54) is 18.2 Å². The predicted molar refractivity (Wildman–Crippen MR) is 88.5 cm³/mol. The summed E-state index contributed by atoms with van der Waals surface area (Å²) >= 11 is 6.07. The molecule has 0 atom stereocenters. The maximum Gasteiger partial charge on any atom is 0.573 e. The van der Waals surface area contributed by atoms with E-state index in [-0.39, 0.29) is 16.8 Å². The molecule has 0 saturated heterocycles. The van der Waals surface area contributed by atoms with Crippen molar-refractivity contribution in [1.82, 2.24) is 14.6 Å². The lowest BCUT2D eigenvalue weighted by Crippen LogP contribution is -2.17. The molecule has 2 aromatic heterocycles. The van der Waals surface area contributed by atoms with Gasteiger partial charge in [-0.1, -0.05) is 31.5 Å². The number of nitrogens with zero attached hydrogens (tertiary/aromatic N) is 3. The molecule has 0 aliphatic heterocycles. The fraction of sp³-hybridized carbons (Fsp3) is 0.250. The number of benzene rings is 1. The highest BCUT2D eigenvalue weighted by molar-refractivity contribution is 6.29. The molecule has 0 saturated carbocycles. The van der Waals surface area contributed by atoms with E-state index in [9.17, 15) is 13.2 Å². The van der Waals surface area contributed by atoms with Crippen LogP contribution in [-0.4, -0.2) is 21.0 Å². The molecule has 25 heavy (non-hydrogen) atoms. The van der Waals surface area contributed by atoms with Gasteiger partial charge in [-0.25, -0.2) is 9.50 Å². The number of imidazole rings is 1. The average molecular weight is 371 g/mol. The molecule has 132 valence electrons. The third-order valence-corrected chi connectivity index (χ3v) is 3.59. The Kier molecular flexibility index (Phi) is 4.47. The molecule has 9 heteroatoms. The lowest BCUT2D eigenvalue weighted by Gasteiger charge is -2.12. The van der Waals surface area contributed by atoms with E-state index in [4.69, 9.17) is 11.6 Å². The van der Waals surface area contributed by atoms with Crippen LogP contribution in [0.1, 0.15) is 25.5 Å². The normalized spacial score (nSPS) is 12.0. The van der Waals surface area contributed by atoms with E-state index >= 15 is 0 Å². The Bertz CT molecular complexity index is 908. The van der Waals surface area contributed by atoms with E-state index in [0.717, 1.165) is 5.69 Å². The Morgan fingerprint density at radius 1 is 1.24 bits per heavy atom. The van der Waals surface area contributed by atoms with E-state index in [2.05, 4.69) is 20.1 Å². The summed E-state index contributed by atoms with van der Waals surface area (Å²) in [4.78, 5) is 4.33. The summed E-state index contributed by atoms with van der Waals surface area (Å²) in [6.45, 7) is 3.99. The number of alkyl halides is 3. The number of rotatable bonds is 4. The van der Waals surface area contributed by atoms with Crippen molar-refractivity contribution in [3.05, 3.63) is 47.4 Å². The van der Waals surface area contributed by atoms with Crippen molar-refractivity contribution in [3.63, 3.8) is 0 Å². The fourth-order valence-corrected chi connectivity index (χ4v) is 2.55. The predicted octanol–water partition coefficient (Wildman–Crippen LogP) is 5.15. The molecule has 0 radical (unpaired) electrons. The number of halogens is 4. The molecule has 0 fully saturated rings. The summed E-state index contributed by atoms with van der Waals surface area (Å²) in [6, 6.07) is 7.09. The second-order valence-corrected chi connectivity index (χ2v) is 6.04. The lowest BCUT2D eigenvalue weighted by atomic mass is 10.2. The summed E-state index contributed by atoms with van der Waals surface area (Å²) in [5, 5.41) is 7.48. The van der Waals surface area contributed by atoms with Crippen molar-refractivity contribution >= 4 is 28.6 Å². The highest BCUT2D eigenvalue weighted by Crippen LogP contribution is 2.29. The monoisotopic (exact) mass is 370 g/mol. The Hall–Kier alpha value is -2.48. The number of anilines is 2. The molecule has 3 rings (SSSR count). The molecule has 0 aliphatic carbocycles. The summed E-state index contributed by atoms with van der Waals surface area (Å²) in [5.41, 5.74) is 2.32. The standard InChI is InChI=1S/C16H14ClF3N4O/c1-9(2)13-8-21-15-12(7-14(17)23-24(13)15)22-10-4-3-5-11(6-10)25-16(18,19)20/h3-9,22H,1-2H3. The van der Waals surface area contributed by atoms with Gasteiger partial charge in [0.1, 0.15) is 5.75 Å². The first-order chi connectivity index (χ1) is 11.7. The van der Waals surface area contributed by atoms with Gasteiger partial charge in [-0.2, -0.15) is 5.10 Å². The van der Waals surface area contributed by atoms with Gasteiger partial charge in [0, 0.05) is 17.8 Å². The van der Waals surface area contributed by atoms with E-state index in [1.54, 1.807) is 22.8 Å². The lowest BCUT2D eigenvalue weighted by molar-refractivity contribution is -0.274. The minimum Gasteiger partial charge on any atom is -0.406 e. The first-order valence-corrected chi connectivity index (χ1v) is 7.78. The van der Waals surface area contributed by atoms with Gasteiger partial charge < -0.3 is 10.1 Å². The van der Waals surface area contributed by atoms with Gasteiger partial charge >= 0.3 is 6.36 Å². The maximum absolute atomic E-state index is 12.4. The quantitative estimate of drug-likeness (QED) is 0.690. The third kappa shape index (κ3) is 3.96. The van der Waals surface area contributed by atoms with Gasteiger partial charge in [0.15, 0.2) is 10.8 Å². The number of hydrogen-bond donors (Lipinski definition) is 1. The number of aromatic nitrogens is 3. The summed E-state index contributed by atoms with van der Waals surface area (Å²) in [5.74, 6) is -0.141. The van der Waals surface area contributed by atoms with Gasteiger partial charge in [0.25, 0.3) is 0 Å². The van der Waals surface area contributed by atoms with Crippen LogP contribution in [-0.2, 0) is 0 Å². The molecule has 1 aromatic carbocycles. The van der Waals surface area contributed by atoms with Crippen LogP contribution in [0, 0.1) is 0 Å². The van der Waals surface area contributed by atoms with Gasteiger partial charge in [0.05, 0.1) is 17.6 Å². The van der Waals surface area contributed by atoms with Crippen LogP contribution in [0.5, 0.6) is 5.75 Å². The van der Waals surface area contributed by atoms with Gasteiger partial charge in [-0.05, 0) is 18.1 Å².